The van der Waals surface area contributed by atoms with Crippen LogP contribution in [0.1, 0.15) is 0 Å². The van der Waals surface area contributed by atoms with Gasteiger partial charge < -0.3 is 5.11 Å². The normalized spacial score (nSPS) is 10.0. The van der Waals surface area contributed by atoms with E-state index in [1.54, 1.807) is 0 Å². The van der Waals surface area contributed by atoms with Gasteiger partial charge in [0, 0.05) is 0 Å². The molecule has 0 aromatic heterocycles. The summed E-state index contributed by atoms with van der Waals surface area (Å²) in [6.07, 6.45) is 0. The van der Waals surface area contributed by atoms with E-state index in [1.165, 1.54) is 0 Å². The average molecular weight is 138 g/mol. The highest BCUT2D eigenvalue weighted by atomic mass is 32.2. The molecule has 0 spiro atoms. The van der Waals surface area contributed by atoms with Crippen LogP contribution in [0, 0.1) is 0 Å². The van der Waals surface area contributed by atoms with Gasteiger partial charge in [-0.25, -0.2) is 0 Å². The Labute approximate surface area is 57.4 Å². The topological polar surface area (TPSA) is 74.6 Å². The zero-order valence-corrected chi connectivity index (χ0v) is 3.64. The van der Waals surface area contributed by atoms with Gasteiger partial charge in [0.25, 0.3) is 10.1 Å². The number of aliphatic hydroxyl groups excluding tert-OH is 1. The summed E-state index contributed by atoms with van der Waals surface area (Å²) in [6.45, 7) is 0. The lowest BCUT2D eigenvalue weighted by atomic mass is 11.7. The molecule has 0 amide bonds. The molecule has 0 rings (SSSR count). The molecule has 0 fully saturated rings. The maximum atomic E-state index is 9.31. The molecule has 42 valence electrons. The SMILES string of the molecule is O=S(=O)(O)CO.[MgH2]. The predicted octanol–water partition coefficient (Wildman–Crippen LogP) is -2.09. The van der Waals surface area contributed by atoms with Gasteiger partial charge in [-0.2, -0.15) is 8.42 Å². The van der Waals surface area contributed by atoms with Crippen LogP contribution in [0.2, 0.25) is 0 Å². The van der Waals surface area contributed by atoms with Gasteiger partial charge in [-0.1, -0.05) is 0 Å². The van der Waals surface area contributed by atoms with Crippen molar-refractivity contribution in [2.24, 2.45) is 0 Å². The minimum Gasteiger partial charge on any atom is -0.378 e. The quantitative estimate of drug-likeness (QED) is 0.322. The lowest BCUT2D eigenvalue weighted by molar-refractivity contribution is 0.336. The van der Waals surface area contributed by atoms with Gasteiger partial charge in [0.15, 0.2) is 5.94 Å². The Morgan fingerprint density at radius 2 is 1.57 bits per heavy atom. The number of rotatable bonds is 1. The van der Waals surface area contributed by atoms with Gasteiger partial charge in [0.05, 0.1) is 0 Å². The molecule has 0 aliphatic carbocycles. The average Bonchev–Trinajstić information content (AvgIpc) is 1.35. The summed E-state index contributed by atoms with van der Waals surface area (Å²) in [6, 6.07) is 0. The van der Waals surface area contributed by atoms with Crippen LogP contribution in [0.25, 0.3) is 0 Å². The molecule has 0 heterocycles. The van der Waals surface area contributed by atoms with E-state index in [0.29, 0.717) is 0 Å². The maximum absolute atomic E-state index is 9.31. The van der Waals surface area contributed by atoms with Crippen molar-refractivity contribution in [2.45, 2.75) is 0 Å². The Hall–Kier alpha value is 0.636. The zero-order valence-electron chi connectivity index (χ0n) is 2.83. The second kappa shape index (κ2) is 3.62. The summed E-state index contributed by atoms with van der Waals surface area (Å²) in [4.78, 5) is 0. The van der Waals surface area contributed by atoms with E-state index < -0.39 is 16.1 Å². The molecule has 0 saturated heterocycles. The van der Waals surface area contributed by atoms with Crippen molar-refractivity contribution in [2.75, 3.05) is 5.94 Å². The van der Waals surface area contributed by atoms with Crippen LogP contribution in [-0.2, 0) is 10.1 Å². The van der Waals surface area contributed by atoms with Crippen LogP contribution >= 0.6 is 0 Å². The fourth-order valence-electron chi connectivity index (χ4n) is 0. The molecule has 4 nitrogen and oxygen atoms in total. The summed E-state index contributed by atoms with van der Waals surface area (Å²) in [5, 5.41) is 7.56. The molecule has 0 aromatic rings. The minimum absolute atomic E-state index is 0. The first-order valence-corrected chi connectivity index (χ1v) is 2.73. The van der Waals surface area contributed by atoms with Gasteiger partial charge in [-0.15, -0.1) is 0 Å². The van der Waals surface area contributed by atoms with Crippen molar-refractivity contribution in [3.05, 3.63) is 0 Å². The monoisotopic (exact) mass is 138 g/mol. The van der Waals surface area contributed by atoms with Crippen molar-refractivity contribution in [1.82, 2.24) is 0 Å². The predicted molar refractivity (Wildman–Crippen MR) is 27.2 cm³/mol. The van der Waals surface area contributed by atoms with E-state index in [-0.39, 0.29) is 23.1 Å². The molecule has 0 radical (unpaired) electrons. The molecule has 2 N–H and O–H groups in total. The third kappa shape index (κ3) is 10.8. The second-order valence-electron chi connectivity index (χ2n) is 0.711. The molecular formula is CH6MgO4S. The lowest BCUT2D eigenvalue weighted by Gasteiger charge is -1.79. The van der Waals surface area contributed by atoms with Gasteiger partial charge in [0.1, 0.15) is 0 Å². The molecule has 0 atom stereocenters. The molecule has 0 saturated carbocycles. The van der Waals surface area contributed by atoms with Gasteiger partial charge in [-0.05, 0) is 0 Å². The molecule has 0 aromatic carbocycles. The van der Waals surface area contributed by atoms with Crippen molar-refractivity contribution < 1.29 is 18.1 Å². The molecule has 0 aliphatic rings. The first-order valence-electron chi connectivity index (χ1n) is 1.12. The van der Waals surface area contributed by atoms with Crippen molar-refractivity contribution in [3.63, 3.8) is 0 Å². The summed E-state index contributed by atoms with van der Waals surface area (Å²) in [7, 11) is -4.11. The Balaban J connectivity index is 0. The Bertz CT molecular complexity index is 114. The van der Waals surface area contributed by atoms with Gasteiger partial charge in [0.2, 0.25) is 0 Å². The fraction of sp³-hybridized carbons (Fsp3) is 1.00. The summed E-state index contributed by atoms with van der Waals surface area (Å²) in [5.41, 5.74) is 0. The highest BCUT2D eigenvalue weighted by molar-refractivity contribution is 7.85. The first-order chi connectivity index (χ1) is 2.56. The lowest BCUT2D eigenvalue weighted by Crippen LogP contribution is -2.00. The number of aliphatic hydroxyl groups is 1. The fourth-order valence-corrected chi connectivity index (χ4v) is 0. The minimum atomic E-state index is -4.11. The number of hydrogen-bond donors (Lipinski definition) is 2. The van der Waals surface area contributed by atoms with Crippen LogP contribution in [0.4, 0.5) is 0 Å². The maximum Gasteiger partial charge on any atom is 0.316 e. The van der Waals surface area contributed by atoms with E-state index >= 15 is 0 Å². The third-order valence-electron chi connectivity index (χ3n) is 0.163. The van der Waals surface area contributed by atoms with Crippen LogP contribution in [0.5, 0.6) is 0 Å². The zero-order chi connectivity index (χ0) is 5.21. The Morgan fingerprint density at radius 3 is 1.57 bits per heavy atom. The Morgan fingerprint density at radius 1 is 1.43 bits per heavy atom. The van der Waals surface area contributed by atoms with Crippen LogP contribution < -0.4 is 0 Å². The molecular weight excluding hydrogens is 132 g/mol. The summed E-state index contributed by atoms with van der Waals surface area (Å²) in [5.74, 6) is -1.20. The highest BCUT2D eigenvalue weighted by Crippen LogP contribution is 1.70. The number of hydrogen-bond acceptors (Lipinski definition) is 3. The Kier molecular flexibility index (Phi) is 5.47. The van der Waals surface area contributed by atoms with Crippen molar-refractivity contribution in [3.8, 4) is 0 Å². The molecule has 7 heavy (non-hydrogen) atoms. The molecule has 0 bridgehead atoms. The van der Waals surface area contributed by atoms with E-state index in [1.807, 2.05) is 0 Å². The highest BCUT2D eigenvalue weighted by Gasteiger charge is 1.95. The second-order valence-corrected chi connectivity index (χ2v) is 2.13. The standard InChI is InChI=1S/CH4O4S.Mg.2H/c2-1-6(3,4)5;;;/h2H,1H2,(H,3,4,5);;;. The van der Waals surface area contributed by atoms with E-state index in [4.69, 9.17) is 9.66 Å². The third-order valence-corrected chi connectivity index (χ3v) is 0.489. The molecule has 0 unspecified atom stereocenters. The molecule has 6 heteroatoms. The summed E-state index contributed by atoms with van der Waals surface area (Å²) >= 11 is 0. The van der Waals surface area contributed by atoms with Crippen LogP contribution in [0.3, 0.4) is 0 Å². The van der Waals surface area contributed by atoms with Gasteiger partial charge in [-0.3, -0.25) is 4.55 Å². The van der Waals surface area contributed by atoms with Gasteiger partial charge >= 0.3 is 23.1 Å². The summed E-state index contributed by atoms with van der Waals surface area (Å²) < 4.78 is 26.2. The molecule has 0 aliphatic heterocycles. The van der Waals surface area contributed by atoms with Crippen LogP contribution in [-0.4, -0.2) is 47.1 Å². The van der Waals surface area contributed by atoms with E-state index in [9.17, 15) is 8.42 Å². The van der Waals surface area contributed by atoms with E-state index in [0.717, 1.165) is 0 Å². The first kappa shape index (κ1) is 10.6. The van der Waals surface area contributed by atoms with E-state index in [2.05, 4.69) is 0 Å². The largest absolute Gasteiger partial charge is 0.378 e. The van der Waals surface area contributed by atoms with Crippen LogP contribution in [0.15, 0.2) is 0 Å². The van der Waals surface area contributed by atoms with Crippen molar-refractivity contribution in [1.29, 1.82) is 0 Å². The van der Waals surface area contributed by atoms with Crippen molar-refractivity contribution >= 4 is 33.2 Å². The smallest absolute Gasteiger partial charge is 0.316 e.